The van der Waals surface area contributed by atoms with Crippen molar-refractivity contribution in [3.8, 4) is 0 Å². The van der Waals surface area contributed by atoms with Crippen molar-refractivity contribution in [2.24, 2.45) is 7.05 Å². The molecule has 54 valence electrons. The van der Waals surface area contributed by atoms with Gasteiger partial charge in [-0.05, 0) is 13.0 Å². The third-order valence-electron chi connectivity index (χ3n) is 2.18. The molecule has 0 radical (unpaired) electrons. The summed E-state index contributed by atoms with van der Waals surface area (Å²) >= 11 is 0. The Kier molecular flexibility index (Phi) is 1.75. The zero-order valence-corrected chi connectivity index (χ0v) is 7.10. The molecule has 0 aliphatic rings. The molecule has 1 aromatic heterocycles. The highest BCUT2D eigenvalue weighted by atomic mass is 14.9. The minimum atomic E-state index is 1.31. The van der Waals surface area contributed by atoms with Gasteiger partial charge in [0, 0.05) is 25.5 Å². The van der Waals surface area contributed by atoms with Crippen LogP contribution in [0.4, 0.5) is 0 Å². The Hall–Kier alpha value is -0.850. The molecule has 0 aromatic carbocycles. The Bertz CT molecular complexity index is 224. The van der Waals surface area contributed by atoms with Crippen molar-refractivity contribution in [3.05, 3.63) is 29.1 Å². The Morgan fingerprint density at radius 2 is 1.70 bits per heavy atom. The highest BCUT2D eigenvalue weighted by molar-refractivity contribution is 5.13. The number of hydrogen-bond acceptors (Lipinski definition) is 0. The van der Waals surface area contributed by atoms with E-state index in [0.717, 1.165) is 0 Å². The Labute approximate surface area is 62.3 Å². The van der Waals surface area contributed by atoms with E-state index in [1.54, 1.807) is 0 Å². The zero-order valence-electron chi connectivity index (χ0n) is 7.10. The van der Waals surface area contributed by atoms with Crippen LogP contribution in [0, 0.1) is 20.8 Å². The van der Waals surface area contributed by atoms with E-state index < -0.39 is 0 Å². The summed E-state index contributed by atoms with van der Waals surface area (Å²) in [6.07, 6.45) is 0. The van der Waals surface area contributed by atoms with Crippen LogP contribution in [0.1, 0.15) is 17.0 Å². The van der Waals surface area contributed by atoms with E-state index in [0.29, 0.717) is 0 Å². The predicted molar refractivity (Wildman–Crippen MR) is 41.8 cm³/mol. The van der Waals surface area contributed by atoms with E-state index in [1.165, 1.54) is 17.0 Å². The summed E-state index contributed by atoms with van der Waals surface area (Å²) in [6, 6.07) is 4.30. The summed E-state index contributed by atoms with van der Waals surface area (Å²) in [5.41, 5.74) is 4.01. The summed E-state index contributed by atoms with van der Waals surface area (Å²) in [5, 5.41) is 0. The predicted octanol–water partition coefficient (Wildman–Crippen LogP) is 1.44. The Morgan fingerprint density at radius 3 is 2.20 bits per heavy atom. The lowest BCUT2D eigenvalue weighted by molar-refractivity contribution is -0.684. The van der Waals surface area contributed by atoms with Gasteiger partial charge in [-0.3, -0.25) is 0 Å². The largest absolute Gasteiger partial charge is 0.203 e. The Morgan fingerprint density at radius 1 is 1.10 bits per heavy atom. The standard InChI is InChI=1S/C9H14N/c1-7-5-6-8(2)10(4)9(7)3/h5-6H,1-4H3/q+1. The molecule has 1 heteroatoms. The van der Waals surface area contributed by atoms with Crippen LogP contribution in [0.3, 0.4) is 0 Å². The second-order valence-corrected chi connectivity index (χ2v) is 2.80. The summed E-state index contributed by atoms with van der Waals surface area (Å²) in [6.45, 7) is 6.39. The van der Waals surface area contributed by atoms with Crippen LogP contribution in [-0.2, 0) is 7.05 Å². The average molecular weight is 136 g/mol. The smallest absolute Gasteiger partial charge is 0.181 e. The fourth-order valence-electron chi connectivity index (χ4n) is 1.01. The van der Waals surface area contributed by atoms with Crippen LogP contribution in [0.25, 0.3) is 0 Å². The summed E-state index contributed by atoms with van der Waals surface area (Å²) in [5.74, 6) is 0. The van der Waals surface area contributed by atoms with Gasteiger partial charge in [0.25, 0.3) is 0 Å². The van der Waals surface area contributed by atoms with E-state index in [2.05, 4.69) is 44.5 Å². The van der Waals surface area contributed by atoms with E-state index >= 15 is 0 Å². The molecule has 1 nitrogen and oxygen atoms in total. The average Bonchev–Trinajstić information content (AvgIpc) is 1.93. The minimum absolute atomic E-state index is 1.31. The molecule has 0 amide bonds. The summed E-state index contributed by atoms with van der Waals surface area (Å²) in [4.78, 5) is 0. The van der Waals surface area contributed by atoms with Crippen molar-refractivity contribution >= 4 is 0 Å². The highest BCUT2D eigenvalue weighted by Crippen LogP contribution is 2.00. The quantitative estimate of drug-likeness (QED) is 0.475. The molecule has 0 fully saturated rings. The molecule has 10 heavy (non-hydrogen) atoms. The van der Waals surface area contributed by atoms with Crippen molar-refractivity contribution in [1.82, 2.24) is 0 Å². The fourth-order valence-corrected chi connectivity index (χ4v) is 1.01. The number of rotatable bonds is 0. The second-order valence-electron chi connectivity index (χ2n) is 2.80. The van der Waals surface area contributed by atoms with Crippen LogP contribution in [0.5, 0.6) is 0 Å². The second kappa shape index (κ2) is 2.41. The normalized spacial score (nSPS) is 10.0. The molecule has 0 saturated heterocycles. The van der Waals surface area contributed by atoms with Gasteiger partial charge in [-0.25, -0.2) is 4.57 Å². The molecule has 1 heterocycles. The molecule has 1 rings (SSSR count). The van der Waals surface area contributed by atoms with Crippen molar-refractivity contribution in [1.29, 1.82) is 0 Å². The minimum Gasteiger partial charge on any atom is -0.203 e. The van der Waals surface area contributed by atoms with Crippen molar-refractivity contribution < 1.29 is 4.57 Å². The number of pyridine rings is 1. The maximum atomic E-state index is 2.20. The first-order chi connectivity index (χ1) is 4.63. The van der Waals surface area contributed by atoms with Gasteiger partial charge < -0.3 is 0 Å². The summed E-state index contributed by atoms with van der Waals surface area (Å²) < 4.78 is 2.20. The third-order valence-corrected chi connectivity index (χ3v) is 2.18. The lowest BCUT2D eigenvalue weighted by Crippen LogP contribution is -2.35. The molecule has 0 N–H and O–H groups in total. The first-order valence-electron chi connectivity index (χ1n) is 3.56. The first kappa shape index (κ1) is 7.26. The van der Waals surface area contributed by atoms with Crippen molar-refractivity contribution in [2.45, 2.75) is 20.8 Å². The van der Waals surface area contributed by atoms with E-state index in [4.69, 9.17) is 0 Å². The van der Waals surface area contributed by atoms with E-state index in [-0.39, 0.29) is 0 Å². The van der Waals surface area contributed by atoms with Gasteiger partial charge in [-0.2, -0.15) is 0 Å². The van der Waals surface area contributed by atoms with E-state index in [9.17, 15) is 0 Å². The maximum absolute atomic E-state index is 2.20. The van der Waals surface area contributed by atoms with Gasteiger partial charge in [0.2, 0.25) is 0 Å². The molecule has 0 aliphatic heterocycles. The van der Waals surface area contributed by atoms with E-state index in [1.807, 2.05) is 0 Å². The van der Waals surface area contributed by atoms with Gasteiger partial charge in [0.15, 0.2) is 11.4 Å². The highest BCUT2D eigenvalue weighted by Gasteiger charge is 2.05. The molecule has 0 spiro atoms. The third kappa shape index (κ3) is 1.04. The van der Waals surface area contributed by atoms with Gasteiger partial charge in [-0.15, -0.1) is 0 Å². The number of hydrogen-bond donors (Lipinski definition) is 0. The zero-order chi connectivity index (χ0) is 7.72. The molecule has 0 unspecified atom stereocenters. The molecule has 0 bridgehead atoms. The van der Waals surface area contributed by atoms with Crippen LogP contribution in [0.15, 0.2) is 12.1 Å². The van der Waals surface area contributed by atoms with Crippen molar-refractivity contribution in [2.75, 3.05) is 0 Å². The Balaban J connectivity index is 3.34. The number of aromatic nitrogens is 1. The molecular formula is C9H14N+. The molecule has 0 aliphatic carbocycles. The molecule has 0 saturated carbocycles. The summed E-state index contributed by atoms with van der Waals surface area (Å²) in [7, 11) is 2.09. The maximum Gasteiger partial charge on any atom is 0.181 e. The number of aryl methyl sites for hydroxylation is 2. The van der Waals surface area contributed by atoms with Crippen LogP contribution < -0.4 is 4.57 Å². The van der Waals surface area contributed by atoms with Crippen LogP contribution in [0.2, 0.25) is 0 Å². The van der Waals surface area contributed by atoms with Gasteiger partial charge in [0.05, 0.1) is 0 Å². The number of nitrogens with zero attached hydrogens (tertiary/aromatic N) is 1. The molecule has 1 aromatic rings. The van der Waals surface area contributed by atoms with Gasteiger partial charge in [0.1, 0.15) is 7.05 Å². The lowest BCUT2D eigenvalue weighted by Gasteiger charge is -1.99. The molecule has 0 atom stereocenters. The van der Waals surface area contributed by atoms with Gasteiger partial charge in [-0.1, -0.05) is 0 Å². The lowest BCUT2D eigenvalue weighted by atomic mass is 10.2. The molecular weight excluding hydrogens is 122 g/mol. The van der Waals surface area contributed by atoms with Crippen LogP contribution in [-0.4, -0.2) is 0 Å². The van der Waals surface area contributed by atoms with Crippen molar-refractivity contribution in [3.63, 3.8) is 0 Å². The first-order valence-corrected chi connectivity index (χ1v) is 3.56. The van der Waals surface area contributed by atoms with Gasteiger partial charge >= 0.3 is 0 Å². The topological polar surface area (TPSA) is 3.88 Å². The fraction of sp³-hybridized carbons (Fsp3) is 0.444. The SMILES string of the molecule is Cc1ccc(C)[n+](C)c1C. The monoisotopic (exact) mass is 136 g/mol. The van der Waals surface area contributed by atoms with Crippen LogP contribution >= 0.6 is 0 Å².